The third-order valence-corrected chi connectivity index (χ3v) is 4.90. The van der Waals surface area contributed by atoms with E-state index in [1.165, 1.54) is 11.8 Å². The molecule has 0 radical (unpaired) electrons. The molecule has 3 heterocycles. The number of aliphatic imine (C=N–C) groups is 1. The first-order valence-electron chi connectivity index (χ1n) is 7.45. The molecule has 1 saturated heterocycles. The fraction of sp³-hybridized carbons (Fsp3) is 0.533. The summed E-state index contributed by atoms with van der Waals surface area (Å²) in [5.41, 5.74) is 1.92. The highest BCUT2D eigenvalue weighted by Crippen LogP contribution is 2.35. The Kier molecular flexibility index (Phi) is 3.17. The second kappa shape index (κ2) is 4.74. The second-order valence-electron chi connectivity index (χ2n) is 6.11. The molecule has 1 aromatic heterocycles. The lowest BCUT2D eigenvalue weighted by atomic mass is 10.1. The van der Waals surface area contributed by atoms with Gasteiger partial charge in [0.25, 0.3) is 5.91 Å². The minimum absolute atomic E-state index is 0.232. The maximum atomic E-state index is 13.0. The number of urea groups is 1. The standard InChI is InChI=1S/C15H20N5O3/c1-7-8(2)19-11-12(16-14(19)17(7)5)18(6)15(23)20(13(11)22)9(3)10(4)21/h9,11H,1-6H3/q+1. The van der Waals surface area contributed by atoms with E-state index in [1.54, 1.807) is 14.0 Å². The number of fused-ring (bicyclic) bond motifs is 3. The predicted molar refractivity (Wildman–Crippen MR) is 81.4 cm³/mol. The number of hydrogen-bond donors (Lipinski definition) is 0. The molecule has 1 fully saturated rings. The van der Waals surface area contributed by atoms with Gasteiger partial charge in [-0.3, -0.25) is 14.5 Å². The third-order valence-electron chi connectivity index (χ3n) is 4.90. The van der Waals surface area contributed by atoms with Crippen molar-refractivity contribution < 1.29 is 19.0 Å². The van der Waals surface area contributed by atoms with E-state index in [2.05, 4.69) is 4.99 Å². The van der Waals surface area contributed by atoms with Gasteiger partial charge in [0.2, 0.25) is 11.9 Å². The molecule has 0 spiro atoms. The first kappa shape index (κ1) is 15.4. The molecule has 0 saturated carbocycles. The van der Waals surface area contributed by atoms with E-state index < -0.39 is 24.0 Å². The number of rotatable bonds is 2. The Morgan fingerprint density at radius 2 is 1.91 bits per heavy atom. The SMILES string of the molecule is CC(=O)C(C)N1C(=O)C2C(=Nc3n2c(C)c(C)[n+]3C)N(C)C1=O. The van der Waals surface area contributed by atoms with Crippen molar-refractivity contribution in [2.45, 2.75) is 39.8 Å². The van der Waals surface area contributed by atoms with Crippen LogP contribution in [0.25, 0.3) is 0 Å². The number of amides is 3. The molecule has 1 aromatic rings. The summed E-state index contributed by atoms with van der Waals surface area (Å²) in [4.78, 5) is 44.1. The van der Waals surface area contributed by atoms with Crippen molar-refractivity contribution in [1.29, 1.82) is 0 Å². The maximum Gasteiger partial charge on any atom is 0.401 e. The van der Waals surface area contributed by atoms with Crippen LogP contribution < -0.4 is 4.57 Å². The molecule has 8 heteroatoms. The molecule has 0 bridgehead atoms. The summed E-state index contributed by atoms with van der Waals surface area (Å²) < 4.78 is 3.72. The Hall–Kier alpha value is -2.51. The number of carbonyl (C=O) groups is 3. The number of likely N-dealkylation sites (N-methyl/N-ethyl adjacent to an activating group) is 1. The number of Topliss-reactive ketones (excluding diaryl/α,β-unsaturated/α-hetero) is 1. The first-order valence-corrected chi connectivity index (χ1v) is 7.45. The zero-order chi connectivity index (χ0) is 17.2. The van der Waals surface area contributed by atoms with Crippen molar-refractivity contribution in [2.75, 3.05) is 7.05 Å². The van der Waals surface area contributed by atoms with Gasteiger partial charge >= 0.3 is 12.0 Å². The van der Waals surface area contributed by atoms with Crippen LogP contribution in [-0.2, 0) is 16.6 Å². The normalized spacial score (nSPS) is 21.3. The van der Waals surface area contributed by atoms with Crippen LogP contribution in [0.2, 0.25) is 0 Å². The van der Waals surface area contributed by atoms with E-state index >= 15 is 0 Å². The summed E-state index contributed by atoms with van der Waals surface area (Å²) in [5.74, 6) is 0.391. The molecule has 3 rings (SSSR count). The van der Waals surface area contributed by atoms with Gasteiger partial charge in [0.15, 0.2) is 5.78 Å². The first-order chi connectivity index (χ1) is 10.7. The number of imide groups is 1. The summed E-state index contributed by atoms with van der Waals surface area (Å²) in [6, 6.07) is -2.02. The largest absolute Gasteiger partial charge is 0.401 e. The van der Waals surface area contributed by atoms with Gasteiger partial charge in [-0.05, 0) is 27.7 Å². The number of aromatic nitrogens is 2. The van der Waals surface area contributed by atoms with Gasteiger partial charge in [0.1, 0.15) is 11.4 Å². The summed E-state index contributed by atoms with van der Waals surface area (Å²) in [5, 5.41) is 0. The zero-order valence-corrected chi connectivity index (χ0v) is 14.1. The van der Waals surface area contributed by atoms with E-state index in [-0.39, 0.29) is 5.78 Å². The van der Waals surface area contributed by atoms with Gasteiger partial charge in [-0.25, -0.2) is 18.8 Å². The van der Waals surface area contributed by atoms with E-state index in [1.807, 2.05) is 30.0 Å². The Bertz CT molecular complexity index is 792. The van der Waals surface area contributed by atoms with Crippen LogP contribution in [0.5, 0.6) is 0 Å². The van der Waals surface area contributed by atoms with Crippen LogP contribution in [0.15, 0.2) is 4.99 Å². The number of hydrogen-bond acceptors (Lipinski definition) is 4. The van der Waals surface area contributed by atoms with Gasteiger partial charge in [0, 0.05) is 7.05 Å². The molecule has 0 aliphatic carbocycles. The molecule has 0 N–H and O–H groups in total. The summed E-state index contributed by atoms with van der Waals surface area (Å²) in [7, 11) is 3.45. The number of ketones is 1. The third kappa shape index (κ3) is 1.80. The van der Waals surface area contributed by atoms with Crippen LogP contribution in [0.4, 0.5) is 10.7 Å². The van der Waals surface area contributed by atoms with E-state index in [0.29, 0.717) is 11.8 Å². The number of amidine groups is 1. The predicted octanol–water partition coefficient (Wildman–Crippen LogP) is 0.386. The highest BCUT2D eigenvalue weighted by molar-refractivity contribution is 6.21. The van der Waals surface area contributed by atoms with Crippen LogP contribution in [0, 0.1) is 13.8 Å². The summed E-state index contributed by atoms with van der Waals surface area (Å²) >= 11 is 0. The van der Waals surface area contributed by atoms with Gasteiger partial charge in [-0.1, -0.05) is 4.99 Å². The Balaban J connectivity index is 2.17. The van der Waals surface area contributed by atoms with Crippen LogP contribution in [-0.4, -0.2) is 51.0 Å². The molecule has 23 heavy (non-hydrogen) atoms. The molecular formula is C15H20N5O3+. The lowest BCUT2D eigenvalue weighted by Gasteiger charge is -2.35. The number of nitrogens with zero attached hydrogens (tertiary/aromatic N) is 5. The average Bonchev–Trinajstić information content (AvgIpc) is 2.98. The van der Waals surface area contributed by atoms with E-state index in [0.717, 1.165) is 16.3 Å². The van der Waals surface area contributed by atoms with E-state index in [9.17, 15) is 14.4 Å². The van der Waals surface area contributed by atoms with Crippen LogP contribution in [0.1, 0.15) is 31.3 Å². The van der Waals surface area contributed by atoms with Crippen molar-refractivity contribution in [2.24, 2.45) is 12.0 Å². The molecule has 2 aliphatic heterocycles. The van der Waals surface area contributed by atoms with Crippen molar-refractivity contribution in [1.82, 2.24) is 14.4 Å². The van der Waals surface area contributed by atoms with Crippen molar-refractivity contribution in [3.05, 3.63) is 11.4 Å². The summed E-state index contributed by atoms with van der Waals surface area (Å²) in [6.45, 7) is 6.81. The molecule has 2 aliphatic rings. The average molecular weight is 318 g/mol. The Morgan fingerprint density at radius 3 is 2.48 bits per heavy atom. The van der Waals surface area contributed by atoms with Crippen LogP contribution in [0.3, 0.4) is 0 Å². The van der Waals surface area contributed by atoms with Gasteiger partial charge < -0.3 is 0 Å². The fourth-order valence-corrected chi connectivity index (χ4v) is 3.10. The van der Waals surface area contributed by atoms with Gasteiger partial charge in [0.05, 0.1) is 13.1 Å². The fourth-order valence-electron chi connectivity index (χ4n) is 3.10. The maximum absolute atomic E-state index is 13.0. The molecular weight excluding hydrogens is 298 g/mol. The molecule has 122 valence electrons. The quantitative estimate of drug-likeness (QED) is 0.740. The highest BCUT2D eigenvalue weighted by Gasteiger charge is 2.55. The van der Waals surface area contributed by atoms with Crippen molar-refractivity contribution >= 4 is 29.5 Å². The van der Waals surface area contributed by atoms with E-state index in [4.69, 9.17) is 0 Å². The monoisotopic (exact) mass is 318 g/mol. The van der Waals surface area contributed by atoms with Crippen molar-refractivity contribution in [3.8, 4) is 0 Å². The molecule has 2 atom stereocenters. The highest BCUT2D eigenvalue weighted by atomic mass is 16.2. The summed E-state index contributed by atoms with van der Waals surface area (Å²) in [6.07, 6.45) is 0. The molecule has 8 nitrogen and oxygen atoms in total. The lowest BCUT2D eigenvalue weighted by molar-refractivity contribution is -0.663. The van der Waals surface area contributed by atoms with Crippen LogP contribution >= 0.6 is 0 Å². The minimum atomic E-state index is -0.797. The molecule has 0 aromatic carbocycles. The van der Waals surface area contributed by atoms with Gasteiger partial charge in [-0.2, -0.15) is 0 Å². The lowest BCUT2D eigenvalue weighted by Crippen LogP contribution is -2.61. The van der Waals surface area contributed by atoms with Crippen molar-refractivity contribution in [3.63, 3.8) is 0 Å². The van der Waals surface area contributed by atoms with Gasteiger partial charge in [-0.15, -0.1) is 0 Å². The molecule has 3 amide bonds. The molecule has 2 unspecified atom stereocenters. The minimum Gasteiger partial charge on any atom is -0.298 e. The smallest absolute Gasteiger partial charge is 0.298 e. The Labute approximate surface area is 134 Å². The topological polar surface area (TPSA) is 78.9 Å². The number of carbonyl (C=O) groups excluding carboxylic acids is 3. The Morgan fingerprint density at radius 1 is 1.30 bits per heavy atom. The zero-order valence-electron chi connectivity index (χ0n) is 14.1. The second-order valence-corrected chi connectivity index (χ2v) is 6.11. The number of imidazole rings is 1.